The van der Waals surface area contributed by atoms with Gasteiger partial charge in [-0.3, -0.25) is 4.79 Å². The Morgan fingerprint density at radius 2 is 1.93 bits per heavy atom. The fourth-order valence-electron chi connectivity index (χ4n) is 3.47. The van der Waals surface area contributed by atoms with E-state index in [0.717, 1.165) is 12.8 Å². The zero-order valence-electron chi connectivity index (χ0n) is 17.2. The molecule has 1 aliphatic rings. The fraction of sp³-hybridized carbons (Fsp3) is 0.450. The van der Waals surface area contributed by atoms with Crippen LogP contribution >= 0.6 is 11.8 Å². The summed E-state index contributed by atoms with van der Waals surface area (Å²) in [4.78, 5) is 32.0. The Bertz CT molecular complexity index is 1040. The number of ether oxygens (including phenoxy) is 1. The van der Waals surface area contributed by atoms with E-state index in [1.165, 1.54) is 28.3 Å². The zero-order chi connectivity index (χ0) is 21.9. The highest BCUT2D eigenvalue weighted by Crippen LogP contribution is 2.25. The van der Waals surface area contributed by atoms with E-state index in [1.54, 1.807) is 26.8 Å². The average Bonchev–Trinajstić information content (AvgIpc) is 3.35. The van der Waals surface area contributed by atoms with Gasteiger partial charge in [0, 0.05) is 30.5 Å². The first-order valence-electron chi connectivity index (χ1n) is 9.74. The van der Waals surface area contributed by atoms with Gasteiger partial charge in [-0.2, -0.15) is 4.31 Å². The Balaban J connectivity index is 1.67. The minimum atomic E-state index is -3.50. The second-order valence-electron chi connectivity index (χ2n) is 7.00. The summed E-state index contributed by atoms with van der Waals surface area (Å²) >= 11 is 1.22. The molecule has 0 amide bonds. The number of sulfonamides is 1. The van der Waals surface area contributed by atoms with Crippen molar-refractivity contribution in [3.63, 3.8) is 0 Å². The summed E-state index contributed by atoms with van der Waals surface area (Å²) in [5.41, 5.74) is 1.94. The number of ketones is 1. The molecule has 10 heteroatoms. The number of carbonyl (C=O) groups is 2. The maximum absolute atomic E-state index is 12.7. The Labute approximate surface area is 180 Å². The molecule has 3 rings (SSSR count). The second-order valence-corrected chi connectivity index (χ2v) is 9.93. The summed E-state index contributed by atoms with van der Waals surface area (Å²) in [7, 11) is -3.50. The monoisotopic (exact) mass is 451 g/mol. The fourth-order valence-corrected chi connectivity index (χ4v) is 5.65. The van der Waals surface area contributed by atoms with Gasteiger partial charge < -0.3 is 9.72 Å². The number of carbonyl (C=O) groups excluding carboxylic acids is 2. The van der Waals surface area contributed by atoms with Gasteiger partial charge in [-0.25, -0.2) is 18.2 Å². The van der Waals surface area contributed by atoms with Crippen LogP contribution in [0.15, 0.2) is 28.3 Å². The third kappa shape index (κ3) is 4.60. The number of H-pyrrole nitrogens is 1. The lowest BCUT2D eigenvalue weighted by Crippen LogP contribution is -2.27. The van der Waals surface area contributed by atoms with Crippen molar-refractivity contribution < 1.29 is 22.7 Å². The standard InChI is InChI=1S/C20H25N3O5S2/c1-4-28-20(25)19-13(2)18(14(3)22-19)16(24)12-29-17-8-7-15(11-21-17)30(26,27)23-9-5-6-10-23/h7-8,11,22H,4-6,9-10,12H2,1-3H3. The number of thioether (sulfide) groups is 1. The van der Waals surface area contributed by atoms with Crippen LogP contribution in [0.1, 0.15) is 51.9 Å². The van der Waals surface area contributed by atoms with Crippen molar-refractivity contribution in [1.82, 2.24) is 14.3 Å². The van der Waals surface area contributed by atoms with Gasteiger partial charge in [-0.1, -0.05) is 11.8 Å². The lowest BCUT2D eigenvalue weighted by Gasteiger charge is -2.15. The van der Waals surface area contributed by atoms with Crippen molar-refractivity contribution in [3.05, 3.63) is 40.8 Å². The predicted molar refractivity (Wildman–Crippen MR) is 114 cm³/mol. The number of aromatic amines is 1. The summed E-state index contributed by atoms with van der Waals surface area (Å²) in [5, 5.41) is 0.556. The molecule has 0 radical (unpaired) electrons. The number of rotatable bonds is 8. The third-order valence-electron chi connectivity index (χ3n) is 4.96. The molecule has 1 saturated heterocycles. The average molecular weight is 452 g/mol. The van der Waals surface area contributed by atoms with E-state index < -0.39 is 16.0 Å². The van der Waals surface area contributed by atoms with Crippen molar-refractivity contribution in [2.45, 2.75) is 43.5 Å². The smallest absolute Gasteiger partial charge is 0.355 e. The van der Waals surface area contributed by atoms with Crippen LogP contribution in [-0.2, 0) is 14.8 Å². The van der Waals surface area contributed by atoms with E-state index in [9.17, 15) is 18.0 Å². The molecular weight excluding hydrogens is 426 g/mol. The first-order chi connectivity index (χ1) is 14.3. The van der Waals surface area contributed by atoms with Gasteiger partial charge in [0.15, 0.2) is 5.78 Å². The molecule has 3 heterocycles. The molecular formula is C20H25N3O5S2. The molecule has 1 fully saturated rings. The van der Waals surface area contributed by atoms with Crippen molar-refractivity contribution in [3.8, 4) is 0 Å². The number of esters is 1. The topological polar surface area (TPSA) is 109 Å². The van der Waals surface area contributed by atoms with E-state index in [1.807, 2.05) is 0 Å². The summed E-state index contributed by atoms with van der Waals surface area (Å²) in [5.74, 6) is -0.508. The minimum Gasteiger partial charge on any atom is -0.461 e. The van der Waals surface area contributed by atoms with Gasteiger partial charge in [0.25, 0.3) is 0 Å². The first kappa shape index (κ1) is 22.5. The number of pyridine rings is 1. The Morgan fingerprint density at radius 3 is 2.53 bits per heavy atom. The van der Waals surface area contributed by atoms with Crippen molar-refractivity contribution in [1.29, 1.82) is 0 Å². The molecule has 0 saturated carbocycles. The Morgan fingerprint density at radius 1 is 1.23 bits per heavy atom. The van der Waals surface area contributed by atoms with Crippen LogP contribution < -0.4 is 0 Å². The van der Waals surface area contributed by atoms with E-state index in [4.69, 9.17) is 4.74 Å². The van der Waals surface area contributed by atoms with Gasteiger partial charge in [-0.05, 0) is 51.3 Å². The van der Waals surface area contributed by atoms with Crippen LogP contribution in [0.5, 0.6) is 0 Å². The van der Waals surface area contributed by atoms with Crippen LogP contribution in [0, 0.1) is 13.8 Å². The van der Waals surface area contributed by atoms with E-state index in [-0.39, 0.29) is 28.7 Å². The first-order valence-corrected chi connectivity index (χ1v) is 12.2. The summed E-state index contributed by atoms with van der Waals surface area (Å²) in [6.07, 6.45) is 3.09. The maximum Gasteiger partial charge on any atom is 0.355 e. The molecule has 0 bridgehead atoms. The lowest BCUT2D eigenvalue weighted by atomic mass is 10.1. The van der Waals surface area contributed by atoms with Crippen LogP contribution in [0.4, 0.5) is 0 Å². The summed E-state index contributed by atoms with van der Waals surface area (Å²) < 4.78 is 31.6. The highest BCUT2D eigenvalue weighted by molar-refractivity contribution is 7.99. The number of aryl methyl sites for hydroxylation is 1. The normalized spacial score (nSPS) is 14.8. The zero-order valence-corrected chi connectivity index (χ0v) is 18.9. The SMILES string of the molecule is CCOC(=O)c1[nH]c(C)c(C(=O)CSc2ccc(S(=O)(=O)N3CCCC3)cn2)c1C. The number of nitrogens with one attached hydrogen (secondary N) is 1. The van der Waals surface area contributed by atoms with Crippen LogP contribution in [-0.4, -0.2) is 59.9 Å². The number of hydrogen-bond donors (Lipinski definition) is 1. The lowest BCUT2D eigenvalue weighted by molar-refractivity contribution is 0.0519. The molecule has 0 unspecified atom stereocenters. The molecule has 0 spiro atoms. The quantitative estimate of drug-likeness (QED) is 0.373. The van der Waals surface area contributed by atoms with Crippen LogP contribution in [0.25, 0.3) is 0 Å². The maximum atomic E-state index is 12.7. The molecule has 2 aromatic heterocycles. The van der Waals surface area contributed by atoms with Crippen molar-refractivity contribution >= 4 is 33.5 Å². The molecule has 1 N–H and O–H groups in total. The van der Waals surface area contributed by atoms with Gasteiger partial charge in [0.2, 0.25) is 10.0 Å². The highest BCUT2D eigenvalue weighted by atomic mass is 32.2. The molecule has 0 aromatic carbocycles. The number of Topliss-reactive ketones (excluding diaryl/α,β-unsaturated/α-hetero) is 1. The molecule has 2 aromatic rings. The number of nitrogens with zero attached hydrogens (tertiary/aromatic N) is 2. The Hall–Kier alpha value is -2.17. The van der Waals surface area contributed by atoms with Crippen molar-refractivity contribution in [2.75, 3.05) is 25.4 Å². The molecule has 0 atom stereocenters. The molecule has 1 aliphatic heterocycles. The predicted octanol–water partition coefficient (Wildman–Crippen LogP) is 2.96. The third-order valence-corrected chi connectivity index (χ3v) is 7.79. The molecule has 30 heavy (non-hydrogen) atoms. The molecule has 8 nitrogen and oxygen atoms in total. The highest BCUT2D eigenvalue weighted by Gasteiger charge is 2.27. The van der Waals surface area contributed by atoms with Gasteiger partial charge in [0.05, 0.1) is 17.4 Å². The summed E-state index contributed by atoms with van der Waals surface area (Å²) in [6.45, 7) is 6.51. The second kappa shape index (κ2) is 9.32. The van der Waals surface area contributed by atoms with E-state index >= 15 is 0 Å². The summed E-state index contributed by atoms with van der Waals surface area (Å²) in [6, 6.07) is 3.14. The van der Waals surface area contributed by atoms with Crippen molar-refractivity contribution in [2.24, 2.45) is 0 Å². The number of aromatic nitrogens is 2. The Kier molecular flexibility index (Phi) is 6.99. The van der Waals surface area contributed by atoms with E-state index in [2.05, 4.69) is 9.97 Å². The molecule has 0 aliphatic carbocycles. The van der Waals surface area contributed by atoms with Crippen LogP contribution in [0.3, 0.4) is 0 Å². The minimum absolute atomic E-state index is 0.118. The van der Waals surface area contributed by atoms with Gasteiger partial charge in [0.1, 0.15) is 10.6 Å². The molecule has 162 valence electrons. The van der Waals surface area contributed by atoms with Gasteiger partial charge >= 0.3 is 5.97 Å². The van der Waals surface area contributed by atoms with Gasteiger partial charge in [-0.15, -0.1) is 0 Å². The van der Waals surface area contributed by atoms with Crippen LogP contribution in [0.2, 0.25) is 0 Å². The van der Waals surface area contributed by atoms with E-state index in [0.29, 0.717) is 34.9 Å². The largest absolute Gasteiger partial charge is 0.461 e. The number of hydrogen-bond acceptors (Lipinski definition) is 7.